The summed E-state index contributed by atoms with van der Waals surface area (Å²) >= 11 is 1.64. The minimum absolute atomic E-state index is 0.259. The number of carbonyl (C=O) groups excluding carboxylic acids is 1. The smallest absolute Gasteiger partial charge is 0.308 e. The van der Waals surface area contributed by atoms with E-state index in [1.807, 2.05) is 56.3 Å². The lowest BCUT2D eigenvalue weighted by molar-refractivity contribution is 0.262. The van der Waals surface area contributed by atoms with Crippen LogP contribution < -0.4 is 10.6 Å². The Kier molecular flexibility index (Phi) is 3.58. The molecule has 0 saturated carbocycles. The molecule has 2 N–H and O–H groups in total. The number of fused-ring (bicyclic) bond motifs is 1. The summed E-state index contributed by atoms with van der Waals surface area (Å²) in [4.78, 5) is 16.4. The maximum atomic E-state index is 12.0. The highest BCUT2D eigenvalue weighted by Gasteiger charge is 2.05. The van der Waals surface area contributed by atoms with Crippen molar-refractivity contribution in [1.82, 2.24) is 4.98 Å². The summed E-state index contributed by atoms with van der Waals surface area (Å²) in [6, 6.07) is 13.2. The fraction of sp³-hybridized carbons (Fsp3) is 0.125. The third-order valence-electron chi connectivity index (χ3n) is 3.06. The van der Waals surface area contributed by atoms with Crippen LogP contribution in [0.25, 0.3) is 10.2 Å². The molecule has 0 fully saturated rings. The third-order valence-corrected chi connectivity index (χ3v) is 4.01. The van der Waals surface area contributed by atoms with Crippen LogP contribution in [0.15, 0.2) is 42.5 Å². The van der Waals surface area contributed by atoms with Crippen molar-refractivity contribution in [1.29, 1.82) is 0 Å². The van der Waals surface area contributed by atoms with Crippen molar-refractivity contribution in [3.05, 3.63) is 53.0 Å². The van der Waals surface area contributed by atoms with E-state index in [1.165, 1.54) is 0 Å². The molecule has 2 amide bonds. The first kappa shape index (κ1) is 13.6. The lowest BCUT2D eigenvalue weighted by atomic mass is 10.2. The molecule has 0 spiro atoms. The summed E-state index contributed by atoms with van der Waals surface area (Å²) in [6.07, 6.45) is 0. The lowest BCUT2D eigenvalue weighted by Crippen LogP contribution is -2.19. The molecule has 1 aromatic heterocycles. The second-order valence-corrected chi connectivity index (χ2v) is 6.10. The Morgan fingerprint density at radius 2 is 1.67 bits per heavy atom. The summed E-state index contributed by atoms with van der Waals surface area (Å²) in [5.74, 6) is 0. The number of amides is 2. The second kappa shape index (κ2) is 5.54. The quantitative estimate of drug-likeness (QED) is 0.728. The van der Waals surface area contributed by atoms with E-state index in [0.717, 1.165) is 32.2 Å². The van der Waals surface area contributed by atoms with Crippen LogP contribution >= 0.6 is 11.3 Å². The van der Waals surface area contributed by atoms with Gasteiger partial charge in [-0.15, -0.1) is 11.3 Å². The van der Waals surface area contributed by atoms with Crippen molar-refractivity contribution in [3.63, 3.8) is 0 Å². The zero-order chi connectivity index (χ0) is 14.8. The van der Waals surface area contributed by atoms with Crippen molar-refractivity contribution >= 4 is 39.0 Å². The number of nitrogens with zero attached hydrogens (tertiary/aromatic N) is 1. The molecule has 106 valence electrons. The summed E-state index contributed by atoms with van der Waals surface area (Å²) in [6.45, 7) is 3.98. The number of aromatic nitrogens is 1. The van der Waals surface area contributed by atoms with Crippen LogP contribution in [-0.4, -0.2) is 11.0 Å². The number of rotatable bonds is 2. The molecule has 0 aliphatic rings. The maximum absolute atomic E-state index is 12.0. The SMILES string of the molecule is Cc1ccc(NC(=O)Nc2ccc3sc(C)nc3c2)cc1. The summed E-state index contributed by atoms with van der Waals surface area (Å²) in [7, 11) is 0. The molecule has 4 nitrogen and oxygen atoms in total. The topological polar surface area (TPSA) is 54.0 Å². The van der Waals surface area contributed by atoms with Gasteiger partial charge in [0.25, 0.3) is 0 Å². The van der Waals surface area contributed by atoms with Gasteiger partial charge in [0, 0.05) is 11.4 Å². The second-order valence-electron chi connectivity index (χ2n) is 4.86. The molecule has 5 heteroatoms. The van der Waals surface area contributed by atoms with Crippen LogP contribution in [0, 0.1) is 13.8 Å². The molecule has 0 saturated heterocycles. The molecule has 2 aromatic carbocycles. The van der Waals surface area contributed by atoms with Gasteiger partial charge in [-0.1, -0.05) is 17.7 Å². The van der Waals surface area contributed by atoms with E-state index in [-0.39, 0.29) is 6.03 Å². The highest BCUT2D eigenvalue weighted by molar-refractivity contribution is 7.18. The van der Waals surface area contributed by atoms with Gasteiger partial charge in [0.1, 0.15) is 0 Å². The van der Waals surface area contributed by atoms with Gasteiger partial charge in [0.05, 0.1) is 15.2 Å². The molecule has 1 heterocycles. The highest BCUT2D eigenvalue weighted by Crippen LogP contribution is 2.24. The van der Waals surface area contributed by atoms with Crippen molar-refractivity contribution in [2.75, 3.05) is 10.6 Å². The molecule has 0 unspecified atom stereocenters. The number of hydrogen-bond acceptors (Lipinski definition) is 3. The van der Waals surface area contributed by atoms with Crippen molar-refractivity contribution in [2.45, 2.75) is 13.8 Å². The Hall–Kier alpha value is -2.40. The number of anilines is 2. The van der Waals surface area contributed by atoms with Gasteiger partial charge in [0.15, 0.2) is 0 Å². The normalized spacial score (nSPS) is 10.6. The number of benzene rings is 2. The van der Waals surface area contributed by atoms with E-state index in [0.29, 0.717) is 0 Å². The molecule has 3 rings (SSSR count). The summed E-state index contributed by atoms with van der Waals surface area (Å²) in [5, 5.41) is 6.64. The average Bonchev–Trinajstić information content (AvgIpc) is 2.80. The first-order chi connectivity index (χ1) is 10.1. The number of aryl methyl sites for hydroxylation is 2. The molecule has 3 aromatic rings. The van der Waals surface area contributed by atoms with Crippen LogP contribution in [0.3, 0.4) is 0 Å². The van der Waals surface area contributed by atoms with Gasteiger partial charge in [0.2, 0.25) is 0 Å². The van der Waals surface area contributed by atoms with Crippen LogP contribution in [0.4, 0.5) is 16.2 Å². The van der Waals surface area contributed by atoms with Crippen molar-refractivity contribution < 1.29 is 4.79 Å². The minimum Gasteiger partial charge on any atom is -0.308 e. The zero-order valence-corrected chi connectivity index (χ0v) is 12.6. The fourth-order valence-electron chi connectivity index (χ4n) is 2.05. The van der Waals surface area contributed by atoms with Crippen molar-refractivity contribution in [3.8, 4) is 0 Å². The third kappa shape index (κ3) is 3.20. The van der Waals surface area contributed by atoms with E-state index in [1.54, 1.807) is 11.3 Å². The van der Waals surface area contributed by atoms with Gasteiger partial charge >= 0.3 is 6.03 Å². The Morgan fingerprint density at radius 1 is 1.00 bits per heavy atom. The van der Waals surface area contributed by atoms with E-state index < -0.39 is 0 Å². The lowest BCUT2D eigenvalue weighted by Gasteiger charge is -2.07. The van der Waals surface area contributed by atoms with Crippen LogP contribution in [0.1, 0.15) is 10.6 Å². The minimum atomic E-state index is -0.259. The predicted molar refractivity (Wildman–Crippen MR) is 88.2 cm³/mol. The van der Waals surface area contributed by atoms with Gasteiger partial charge in [-0.25, -0.2) is 9.78 Å². The van der Waals surface area contributed by atoms with E-state index in [4.69, 9.17) is 0 Å². The van der Waals surface area contributed by atoms with E-state index >= 15 is 0 Å². The molecule has 0 atom stereocenters. The monoisotopic (exact) mass is 297 g/mol. The largest absolute Gasteiger partial charge is 0.323 e. The molecule has 0 aliphatic heterocycles. The molecular formula is C16H15N3OS. The first-order valence-corrected chi connectivity index (χ1v) is 7.44. The summed E-state index contributed by atoms with van der Waals surface area (Å²) < 4.78 is 1.12. The highest BCUT2D eigenvalue weighted by atomic mass is 32.1. The van der Waals surface area contributed by atoms with Crippen LogP contribution in [0.5, 0.6) is 0 Å². The Balaban J connectivity index is 1.71. The van der Waals surface area contributed by atoms with Gasteiger partial charge < -0.3 is 10.6 Å². The van der Waals surface area contributed by atoms with Gasteiger partial charge in [-0.2, -0.15) is 0 Å². The molecule has 0 aliphatic carbocycles. The Bertz CT molecular complexity index is 793. The number of carbonyl (C=O) groups is 1. The predicted octanol–water partition coefficient (Wildman–Crippen LogP) is 4.56. The Morgan fingerprint density at radius 3 is 2.43 bits per heavy atom. The number of nitrogens with one attached hydrogen (secondary N) is 2. The van der Waals surface area contributed by atoms with E-state index in [2.05, 4.69) is 15.6 Å². The summed E-state index contributed by atoms with van der Waals surface area (Å²) in [5.41, 5.74) is 3.57. The molecule has 0 radical (unpaired) electrons. The van der Waals surface area contributed by atoms with Crippen LogP contribution in [-0.2, 0) is 0 Å². The molecule has 0 bridgehead atoms. The molecule has 21 heavy (non-hydrogen) atoms. The Labute approximate surface area is 126 Å². The molecular weight excluding hydrogens is 282 g/mol. The fourth-order valence-corrected chi connectivity index (χ4v) is 2.86. The standard InChI is InChI=1S/C16H15N3OS/c1-10-3-5-12(6-4-10)18-16(20)19-13-7-8-15-14(9-13)17-11(2)21-15/h3-9H,1-2H3,(H2,18,19,20). The van der Waals surface area contributed by atoms with E-state index in [9.17, 15) is 4.79 Å². The van der Waals surface area contributed by atoms with Crippen molar-refractivity contribution in [2.24, 2.45) is 0 Å². The number of urea groups is 1. The van der Waals surface area contributed by atoms with Gasteiger partial charge in [-0.3, -0.25) is 0 Å². The number of thiazole rings is 1. The van der Waals surface area contributed by atoms with Gasteiger partial charge in [-0.05, 0) is 44.2 Å². The van der Waals surface area contributed by atoms with Crippen LogP contribution in [0.2, 0.25) is 0 Å². The zero-order valence-electron chi connectivity index (χ0n) is 11.8. The maximum Gasteiger partial charge on any atom is 0.323 e. The average molecular weight is 297 g/mol. The first-order valence-electron chi connectivity index (χ1n) is 6.62. The number of hydrogen-bond donors (Lipinski definition) is 2.